The molecule has 0 aromatic heterocycles. The largest absolute Gasteiger partial charge is 0.459 e. The maximum atomic E-state index is 13.4. The summed E-state index contributed by atoms with van der Waals surface area (Å²) in [6.07, 6.45) is -8.88. The van der Waals surface area contributed by atoms with Gasteiger partial charge in [0.05, 0.1) is 10.8 Å². The number of aliphatic hydroxyl groups is 3. The van der Waals surface area contributed by atoms with E-state index in [-0.39, 0.29) is 6.42 Å². The van der Waals surface area contributed by atoms with Crippen LogP contribution in [0.15, 0.2) is 0 Å². The van der Waals surface area contributed by atoms with Gasteiger partial charge in [-0.15, -0.1) is 0 Å². The van der Waals surface area contributed by atoms with Gasteiger partial charge in [0.1, 0.15) is 12.2 Å². The second-order valence-electron chi connectivity index (χ2n) is 10.6. The molecule has 0 aromatic rings. The first kappa shape index (κ1) is 19.9. The fourth-order valence-corrected chi connectivity index (χ4v) is 8.14. The molecule has 2 spiro atoms. The Labute approximate surface area is 176 Å². The van der Waals surface area contributed by atoms with Crippen LogP contribution in [0.4, 0.5) is 0 Å². The molecular weight excluding hydrogens is 415 g/mol. The van der Waals surface area contributed by atoms with E-state index in [9.17, 15) is 29.7 Å². The minimum absolute atomic E-state index is 0.233. The SMILES string of the molecule is CC(C)(C)[C@@H]1CC2OC(=O)C34OC5OC(=O)[C@H](O[11CH3])C51C23[C@@H](O)C1OC(=O)[C@@H](O)[C@@]14O. The van der Waals surface area contributed by atoms with Crippen LogP contribution in [-0.2, 0) is 38.1 Å². The fourth-order valence-electron chi connectivity index (χ4n) is 8.14. The molecule has 6 aliphatic rings. The van der Waals surface area contributed by atoms with Crippen molar-refractivity contribution >= 4 is 17.9 Å². The molecular formula is C20H24O11. The van der Waals surface area contributed by atoms with Crippen LogP contribution < -0.4 is 0 Å². The van der Waals surface area contributed by atoms with Crippen molar-refractivity contribution in [1.29, 1.82) is 0 Å². The van der Waals surface area contributed by atoms with Crippen molar-refractivity contribution in [3.63, 3.8) is 0 Å². The van der Waals surface area contributed by atoms with Gasteiger partial charge in [0.2, 0.25) is 11.9 Å². The quantitative estimate of drug-likeness (QED) is 0.307. The Hall–Kier alpha value is -1.79. The first-order valence-corrected chi connectivity index (χ1v) is 10.3. The van der Waals surface area contributed by atoms with E-state index in [2.05, 4.69) is 0 Å². The average Bonchev–Trinajstić information content (AvgIpc) is 3.38. The highest BCUT2D eigenvalue weighted by Gasteiger charge is 3.04. The van der Waals surface area contributed by atoms with Gasteiger partial charge < -0.3 is 39.0 Å². The van der Waals surface area contributed by atoms with Crippen LogP contribution in [0.1, 0.15) is 27.2 Å². The monoisotopic (exact) mass is 439 g/mol. The van der Waals surface area contributed by atoms with Gasteiger partial charge in [-0.1, -0.05) is 20.8 Å². The molecule has 6 rings (SSSR count). The smallest absolute Gasteiger partial charge is 0.343 e. The summed E-state index contributed by atoms with van der Waals surface area (Å²) in [6, 6.07) is 0. The standard InChI is InChI=1S/C20H24O11/c1-16(2,3)6-5-7-18-8(21)10-19(26,9(22)12(23)29-10)20(18,14(25)28-7)31-15-17(6,18)11(27-4)13(24)30-15/h6-11,15,21-22,26H,5H2,1-4H3/t6-,7?,8-,9+,10?,11-,15?,17?,18?,19+,20?/m0/s1/i4-1. The molecule has 6 unspecified atom stereocenters. The summed E-state index contributed by atoms with van der Waals surface area (Å²) in [5, 5.41) is 34.0. The minimum Gasteiger partial charge on any atom is -0.459 e. The molecule has 0 bridgehead atoms. The van der Waals surface area contributed by atoms with Crippen LogP contribution in [0.5, 0.6) is 0 Å². The van der Waals surface area contributed by atoms with Gasteiger partial charge in [-0.3, -0.25) is 0 Å². The zero-order chi connectivity index (χ0) is 22.5. The highest BCUT2D eigenvalue weighted by Crippen LogP contribution is 2.84. The van der Waals surface area contributed by atoms with E-state index in [1.165, 1.54) is 7.11 Å². The molecule has 4 aliphatic heterocycles. The number of hydrogen-bond donors (Lipinski definition) is 3. The van der Waals surface area contributed by atoms with Crippen molar-refractivity contribution in [1.82, 2.24) is 0 Å². The maximum Gasteiger partial charge on any atom is 0.343 e. The molecule has 4 heterocycles. The molecule has 11 atom stereocenters. The Morgan fingerprint density at radius 1 is 1.06 bits per heavy atom. The van der Waals surface area contributed by atoms with E-state index in [1.54, 1.807) is 0 Å². The molecule has 0 amide bonds. The van der Waals surface area contributed by atoms with Crippen molar-refractivity contribution in [2.45, 2.75) is 75.2 Å². The van der Waals surface area contributed by atoms with Crippen molar-refractivity contribution in [3.05, 3.63) is 0 Å². The molecule has 2 saturated carbocycles. The first-order chi connectivity index (χ1) is 14.4. The Bertz CT molecular complexity index is 942. The molecule has 6 fully saturated rings. The van der Waals surface area contributed by atoms with E-state index < -0.39 is 88.1 Å². The zero-order valence-corrected chi connectivity index (χ0v) is 17.4. The third-order valence-electron chi connectivity index (χ3n) is 8.83. The van der Waals surface area contributed by atoms with E-state index >= 15 is 0 Å². The van der Waals surface area contributed by atoms with Crippen LogP contribution in [0.2, 0.25) is 0 Å². The number of rotatable bonds is 1. The number of aliphatic hydroxyl groups excluding tert-OH is 2. The normalized spacial score (nSPS) is 58.5. The molecule has 0 aromatic carbocycles. The van der Waals surface area contributed by atoms with Gasteiger partial charge in [0.25, 0.3) is 0 Å². The molecule has 31 heavy (non-hydrogen) atoms. The number of hydrogen-bond acceptors (Lipinski definition) is 11. The Morgan fingerprint density at radius 2 is 1.74 bits per heavy atom. The van der Waals surface area contributed by atoms with Crippen molar-refractivity contribution < 1.29 is 53.4 Å². The lowest BCUT2D eigenvalue weighted by atomic mass is 9.51. The lowest BCUT2D eigenvalue weighted by molar-refractivity contribution is -0.245. The zero-order valence-electron chi connectivity index (χ0n) is 17.4. The summed E-state index contributed by atoms with van der Waals surface area (Å²) in [5.41, 5.74) is -8.72. The van der Waals surface area contributed by atoms with Crippen molar-refractivity contribution in [2.75, 3.05) is 7.11 Å². The summed E-state index contributed by atoms with van der Waals surface area (Å²) in [5.74, 6) is -3.37. The number of carbonyl (C=O) groups excluding carboxylic acids is 3. The van der Waals surface area contributed by atoms with Gasteiger partial charge in [0.15, 0.2) is 23.9 Å². The summed E-state index contributed by atoms with van der Waals surface area (Å²) in [4.78, 5) is 38.4. The Kier molecular flexibility index (Phi) is 3.25. The first-order valence-electron chi connectivity index (χ1n) is 10.3. The molecule has 11 heteroatoms. The highest BCUT2D eigenvalue weighted by molar-refractivity contribution is 5.94. The highest BCUT2D eigenvalue weighted by atomic mass is 16.8. The summed E-state index contributed by atoms with van der Waals surface area (Å²) < 4.78 is 28.0. The van der Waals surface area contributed by atoms with Crippen LogP contribution in [0.3, 0.4) is 0 Å². The molecule has 2 aliphatic carbocycles. The summed E-state index contributed by atoms with van der Waals surface area (Å²) >= 11 is 0. The predicted octanol–water partition coefficient (Wildman–Crippen LogP) is -1.99. The topological polar surface area (TPSA) is 158 Å². The van der Waals surface area contributed by atoms with Crippen LogP contribution >= 0.6 is 0 Å². The molecule has 11 nitrogen and oxygen atoms in total. The molecule has 3 N–H and O–H groups in total. The number of methoxy groups -OCH3 is 1. The third-order valence-corrected chi connectivity index (χ3v) is 8.83. The average molecular weight is 439 g/mol. The Balaban J connectivity index is 1.72. The summed E-state index contributed by atoms with van der Waals surface area (Å²) in [7, 11) is 1.32. The number of esters is 3. The number of carbonyl (C=O) groups is 3. The van der Waals surface area contributed by atoms with Gasteiger partial charge >= 0.3 is 17.9 Å². The van der Waals surface area contributed by atoms with Crippen LogP contribution in [0, 0.1) is 22.2 Å². The van der Waals surface area contributed by atoms with Gasteiger partial charge in [-0.25, -0.2) is 14.4 Å². The van der Waals surface area contributed by atoms with Crippen LogP contribution in [-0.4, -0.2) is 88.3 Å². The molecule has 4 saturated heterocycles. The fraction of sp³-hybridized carbons (Fsp3) is 0.850. The van der Waals surface area contributed by atoms with Gasteiger partial charge in [-0.05, 0) is 17.8 Å². The minimum atomic E-state index is -2.63. The maximum absolute atomic E-state index is 13.4. The van der Waals surface area contributed by atoms with Crippen molar-refractivity contribution in [2.24, 2.45) is 22.2 Å². The summed E-state index contributed by atoms with van der Waals surface area (Å²) in [6.45, 7) is 5.80. The number of ether oxygens (including phenoxy) is 5. The van der Waals surface area contributed by atoms with E-state index in [4.69, 9.17) is 23.7 Å². The number of fused-ring (bicyclic) bond motifs is 1. The lowest BCUT2D eigenvalue weighted by Gasteiger charge is -2.48. The van der Waals surface area contributed by atoms with Crippen molar-refractivity contribution in [3.8, 4) is 0 Å². The lowest BCUT2D eigenvalue weighted by Crippen LogP contribution is -2.68. The second kappa shape index (κ2) is 5.07. The van der Waals surface area contributed by atoms with E-state index in [0.29, 0.717) is 0 Å². The third kappa shape index (κ3) is 1.49. The molecule has 170 valence electrons. The Morgan fingerprint density at radius 3 is 2.35 bits per heavy atom. The van der Waals surface area contributed by atoms with Crippen LogP contribution in [0.25, 0.3) is 0 Å². The van der Waals surface area contributed by atoms with Gasteiger partial charge in [-0.2, -0.15) is 0 Å². The second-order valence-corrected chi connectivity index (χ2v) is 10.6. The van der Waals surface area contributed by atoms with Gasteiger partial charge in [0, 0.05) is 7.11 Å². The van der Waals surface area contributed by atoms with E-state index in [0.717, 1.165) is 0 Å². The predicted molar refractivity (Wildman–Crippen MR) is 93.6 cm³/mol. The molecule has 0 radical (unpaired) electrons. The van der Waals surface area contributed by atoms with E-state index in [1.807, 2.05) is 20.8 Å².